The number of aromatic nitrogens is 1. The van der Waals surface area contributed by atoms with Gasteiger partial charge in [0.05, 0.1) is 18.6 Å². The molecule has 0 radical (unpaired) electrons. The molecule has 0 aliphatic heterocycles. The molecule has 0 saturated carbocycles. The number of hydrogen-bond donors (Lipinski definition) is 1. The topological polar surface area (TPSA) is 98.0 Å². The predicted molar refractivity (Wildman–Crippen MR) is 74.0 cm³/mol. The summed E-state index contributed by atoms with van der Waals surface area (Å²) < 4.78 is 33.0. The van der Waals surface area contributed by atoms with Gasteiger partial charge in [-0.05, 0) is 18.2 Å². The highest BCUT2D eigenvalue weighted by atomic mass is 32.2. The summed E-state index contributed by atoms with van der Waals surface area (Å²) >= 11 is 0. The maximum absolute atomic E-state index is 12.2. The normalized spacial score (nSPS) is 11.1. The standard InChI is InChI=1S/C13H14N3O3S/c1-19-13-6-5-11(9-15-13)16-20(17,18)12-4-2-3-10(7-12)8-14/h2-7,9H,8,14H2,1H3/q-1/p+1. The first kappa shape index (κ1) is 14.3. The largest absolute Gasteiger partial charge is 0.571 e. The number of quaternary nitrogens is 1. The van der Waals surface area contributed by atoms with Crippen molar-refractivity contribution in [1.29, 1.82) is 0 Å². The predicted octanol–water partition coefficient (Wildman–Crippen LogP) is 1.23. The summed E-state index contributed by atoms with van der Waals surface area (Å²) in [6.45, 7) is 0.521. The van der Waals surface area contributed by atoms with Crippen LogP contribution in [-0.4, -0.2) is 20.5 Å². The van der Waals surface area contributed by atoms with Crippen LogP contribution in [0.1, 0.15) is 5.56 Å². The van der Waals surface area contributed by atoms with E-state index < -0.39 is 10.0 Å². The van der Waals surface area contributed by atoms with Gasteiger partial charge in [-0.3, -0.25) is 0 Å². The van der Waals surface area contributed by atoms with Crippen molar-refractivity contribution < 1.29 is 18.9 Å². The van der Waals surface area contributed by atoms with Crippen molar-refractivity contribution in [3.63, 3.8) is 0 Å². The fourth-order valence-electron chi connectivity index (χ4n) is 1.60. The van der Waals surface area contributed by atoms with E-state index in [2.05, 4.69) is 15.4 Å². The third-order valence-corrected chi connectivity index (χ3v) is 3.94. The van der Waals surface area contributed by atoms with Crippen LogP contribution in [-0.2, 0) is 16.6 Å². The van der Waals surface area contributed by atoms with Crippen LogP contribution in [0.2, 0.25) is 0 Å². The first-order valence-corrected chi connectivity index (χ1v) is 7.35. The molecule has 2 aromatic rings. The highest BCUT2D eigenvalue weighted by Crippen LogP contribution is 2.28. The summed E-state index contributed by atoms with van der Waals surface area (Å²) in [6, 6.07) is 9.67. The van der Waals surface area contributed by atoms with Crippen molar-refractivity contribution in [2.75, 3.05) is 7.11 Å². The lowest BCUT2D eigenvalue weighted by Gasteiger charge is -2.21. The summed E-state index contributed by atoms with van der Waals surface area (Å²) in [6.07, 6.45) is 1.35. The fraction of sp³-hybridized carbons (Fsp3) is 0.154. The number of hydrogen-bond acceptors (Lipinski definition) is 4. The molecule has 0 aliphatic rings. The van der Waals surface area contributed by atoms with E-state index in [-0.39, 0.29) is 10.6 Å². The van der Waals surface area contributed by atoms with Crippen molar-refractivity contribution in [1.82, 2.24) is 4.98 Å². The smallest absolute Gasteiger partial charge is 0.212 e. The maximum atomic E-state index is 12.2. The van der Waals surface area contributed by atoms with Crippen molar-refractivity contribution in [3.8, 4) is 5.88 Å². The van der Waals surface area contributed by atoms with Crippen LogP contribution in [0.3, 0.4) is 0 Å². The lowest BCUT2D eigenvalue weighted by atomic mass is 10.2. The summed E-state index contributed by atoms with van der Waals surface area (Å²) in [7, 11) is -2.26. The Kier molecular flexibility index (Phi) is 4.21. The molecular weight excluding hydrogens is 278 g/mol. The van der Waals surface area contributed by atoms with E-state index in [9.17, 15) is 8.42 Å². The van der Waals surface area contributed by atoms with Crippen LogP contribution in [0.4, 0.5) is 5.69 Å². The van der Waals surface area contributed by atoms with E-state index in [0.717, 1.165) is 5.56 Å². The maximum Gasteiger partial charge on any atom is 0.212 e. The number of rotatable bonds is 5. The average Bonchev–Trinajstić information content (AvgIpc) is 2.48. The van der Waals surface area contributed by atoms with Crippen LogP contribution >= 0.6 is 0 Å². The van der Waals surface area contributed by atoms with Crippen LogP contribution in [0.5, 0.6) is 5.88 Å². The van der Waals surface area contributed by atoms with Gasteiger partial charge in [0.15, 0.2) is 0 Å². The molecule has 6 nitrogen and oxygen atoms in total. The molecule has 106 valence electrons. The Labute approximate surface area is 117 Å². The molecule has 0 saturated heterocycles. The van der Waals surface area contributed by atoms with E-state index >= 15 is 0 Å². The van der Waals surface area contributed by atoms with Crippen LogP contribution in [0, 0.1) is 0 Å². The average molecular weight is 293 g/mol. The molecule has 0 fully saturated rings. The van der Waals surface area contributed by atoms with E-state index in [1.54, 1.807) is 18.2 Å². The lowest BCUT2D eigenvalue weighted by Crippen LogP contribution is -2.47. The quantitative estimate of drug-likeness (QED) is 0.896. The van der Waals surface area contributed by atoms with Gasteiger partial charge in [0.1, 0.15) is 10.0 Å². The number of methoxy groups -OCH3 is 1. The Balaban J connectivity index is 2.25. The molecule has 0 spiro atoms. The summed E-state index contributed by atoms with van der Waals surface area (Å²) in [4.78, 5) is 4.07. The van der Waals surface area contributed by atoms with E-state index in [1.807, 2.05) is 6.07 Å². The monoisotopic (exact) mass is 293 g/mol. The molecular formula is C13H15N3O3S. The molecule has 0 unspecified atom stereocenters. The summed E-state index contributed by atoms with van der Waals surface area (Å²) in [5.74, 6) is 0.403. The van der Waals surface area contributed by atoms with Crippen molar-refractivity contribution >= 4 is 15.7 Å². The molecule has 1 heterocycles. The second-order valence-electron chi connectivity index (χ2n) is 4.02. The van der Waals surface area contributed by atoms with Crippen molar-refractivity contribution in [2.45, 2.75) is 11.4 Å². The minimum atomic E-state index is -3.75. The van der Waals surface area contributed by atoms with Gasteiger partial charge in [-0.15, -0.1) is 5.69 Å². The number of ether oxygens (including phenoxy) is 1. The number of nitrogens with zero attached hydrogens (tertiary/aromatic N) is 2. The molecule has 1 aromatic carbocycles. The molecule has 0 aliphatic carbocycles. The molecule has 2 rings (SSSR count). The minimum Gasteiger partial charge on any atom is -0.571 e. The van der Waals surface area contributed by atoms with E-state index in [1.165, 1.54) is 25.4 Å². The Morgan fingerprint density at radius 2 is 2.10 bits per heavy atom. The molecule has 0 bridgehead atoms. The Morgan fingerprint density at radius 1 is 1.30 bits per heavy atom. The zero-order chi connectivity index (χ0) is 14.6. The lowest BCUT2D eigenvalue weighted by molar-refractivity contribution is -0.386. The zero-order valence-corrected chi connectivity index (χ0v) is 11.8. The first-order chi connectivity index (χ1) is 9.55. The fourth-order valence-corrected chi connectivity index (χ4v) is 2.64. The van der Waals surface area contributed by atoms with E-state index in [0.29, 0.717) is 12.4 Å². The van der Waals surface area contributed by atoms with Gasteiger partial charge in [-0.1, -0.05) is 18.2 Å². The second kappa shape index (κ2) is 5.89. The van der Waals surface area contributed by atoms with Gasteiger partial charge in [0, 0.05) is 11.8 Å². The zero-order valence-electron chi connectivity index (χ0n) is 11.0. The second-order valence-corrected chi connectivity index (χ2v) is 5.63. The number of sulfonamides is 1. The van der Waals surface area contributed by atoms with Gasteiger partial charge in [-0.2, -0.15) is 0 Å². The van der Waals surface area contributed by atoms with Gasteiger partial charge >= 0.3 is 0 Å². The molecule has 20 heavy (non-hydrogen) atoms. The van der Waals surface area contributed by atoms with Crippen LogP contribution < -0.4 is 10.5 Å². The minimum absolute atomic E-state index is 0.148. The Hall–Kier alpha value is -2.12. The highest BCUT2D eigenvalue weighted by Gasteiger charge is 2.06. The van der Waals surface area contributed by atoms with Crippen LogP contribution in [0.25, 0.3) is 4.72 Å². The number of benzene rings is 1. The van der Waals surface area contributed by atoms with Gasteiger partial charge in [0.25, 0.3) is 0 Å². The highest BCUT2D eigenvalue weighted by molar-refractivity contribution is 7.94. The third-order valence-electron chi connectivity index (χ3n) is 2.64. The molecule has 3 N–H and O–H groups in total. The van der Waals surface area contributed by atoms with Crippen molar-refractivity contribution in [3.05, 3.63) is 52.9 Å². The SMILES string of the molecule is COc1ccc([N-]S(=O)(=O)c2cccc(C[NH3+])c2)cn1. The van der Waals surface area contributed by atoms with E-state index in [4.69, 9.17) is 4.74 Å². The Morgan fingerprint density at radius 3 is 2.70 bits per heavy atom. The molecule has 0 atom stereocenters. The molecule has 1 aromatic heterocycles. The van der Waals surface area contributed by atoms with Gasteiger partial charge in [-0.25, -0.2) is 13.4 Å². The van der Waals surface area contributed by atoms with Crippen molar-refractivity contribution in [2.24, 2.45) is 0 Å². The first-order valence-electron chi connectivity index (χ1n) is 5.91. The Bertz CT molecular complexity index is 684. The molecule has 7 heteroatoms. The van der Waals surface area contributed by atoms with Crippen LogP contribution in [0.15, 0.2) is 47.5 Å². The van der Waals surface area contributed by atoms with Gasteiger partial charge in [0.2, 0.25) is 5.88 Å². The summed E-state index contributed by atoms with van der Waals surface area (Å²) in [5, 5.41) is 0. The third kappa shape index (κ3) is 3.25. The summed E-state index contributed by atoms with van der Waals surface area (Å²) in [5.41, 5.74) is 4.83. The number of pyridine rings is 1. The molecule has 0 amide bonds. The van der Waals surface area contributed by atoms with Gasteiger partial charge < -0.3 is 15.2 Å².